The van der Waals surface area contributed by atoms with Gasteiger partial charge in [-0.2, -0.15) is 0 Å². The molecule has 3 nitrogen and oxygen atoms in total. The van der Waals surface area contributed by atoms with E-state index in [0.717, 1.165) is 30.9 Å². The Morgan fingerprint density at radius 2 is 2.29 bits per heavy atom. The Labute approximate surface area is 131 Å². The van der Waals surface area contributed by atoms with Gasteiger partial charge >= 0.3 is 0 Å². The van der Waals surface area contributed by atoms with E-state index in [1.54, 1.807) is 0 Å². The number of hydrogen-bond donors (Lipinski definition) is 0. The molecule has 1 aromatic heterocycles. The fourth-order valence-electron chi connectivity index (χ4n) is 3.11. The largest absolute Gasteiger partial charge is 0.378 e. The molecule has 0 radical (unpaired) electrons. The number of imidazole rings is 1. The molecule has 0 spiro atoms. The lowest BCUT2D eigenvalue weighted by Gasteiger charge is -2.23. The summed E-state index contributed by atoms with van der Waals surface area (Å²) in [6.07, 6.45) is 5.09. The number of rotatable bonds is 4. The molecule has 0 N–H and O–H groups in total. The first-order valence-corrected chi connectivity index (χ1v) is 8.31. The summed E-state index contributed by atoms with van der Waals surface area (Å²) in [6, 6.07) is 6.42. The van der Waals surface area contributed by atoms with Crippen LogP contribution in [0.1, 0.15) is 49.4 Å². The monoisotopic (exact) mass is 306 g/mol. The van der Waals surface area contributed by atoms with Gasteiger partial charge in [0.15, 0.2) is 0 Å². The number of aryl methyl sites for hydroxylation is 2. The predicted molar refractivity (Wildman–Crippen MR) is 86.9 cm³/mol. The van der Waals surface area contributed by atoms with Crippen molar-refractivity contribution in [3.8, 4) is 0 Å². The summed E-state index contributed by atoms with van der Waals surface area (Å²) in [5, 5.41) is -0.0787. The van der Waals surface area contributed by atoms with Gasteiger partial charge in [-0.15, -0.1) is 11.6 Å². The van der Waals surface area contributed by atoms with Crippen molar-refractivity contribution >= 4 is 22.6 Å². The van der Waals surface area contributed by atoms with E-state index in [4.69, 9.17) is 21.3 Å². The maximum atomic E-state index is 6.33. The zero-order chi connectivity index (χ0) is 14.8. The molecule has 1 aliphatic heterocycles. The zero-order valence-corrected chi connectivity index (χ0v) is 13.6. The topological polar surface area (TPSA) is 27.1 Å². The second-order valence-electron chi connectivity index (χ2n) is 6.01. The molecular weight excluding hydrogens is 284 g/mol. The third-order valence-electron chi connectivity index (χ3n) is 4.24. The number of fused-ring (bicyclic) bond motifs is 1. The summed E-state index contributed by atoms with van der Waals surface area (Å²) in [5.41, 5.74) is 3.46. The fourth-order valence-corrected chi connectivity index (χ4v) is 3.27. The van der Waals surface area contributed by atoms with Crippen LogP contribution in [0, 0.1) is 6.92 Å². The van der Waals surface area contributed by atoms with E-state index >= 15 is 0 Å². The molecular formula is C17H23ClN2O. The molecule has 3 rings (SSSR count). The lowest BCUT2D eigenvalue weighted by atomic mass is 10.1. The van der Waals surface area contributed by atoms with Crippen molar-refractivity contribution in [3.63, 3.8) is 0 Å². The number of nitrogens with zero attached hydrogens (tertiary/aromatic N) is 2. The van der Waals surface area contributed by atoms with Gasteiger partial charge in [-0.1, -0.05) is 6.07 Å². The van der Waals surface area contributed by atoms with Crippen molar-refractivity contribution < 1.29 is 4.74 Å². The van der Waals surface area contributed by atoms with E-state index in [-0.39, 0.29) is 5.38 Å². The van der Waals surface area contributed by atoms with Crippen molar-refractivity contribution in [3.05, 3.63) is 29.6 Å². The lowest BCUT2D eigenvalue weighted by molar-refractivity contribution is 0.00886. The number of hydrogen-bond acceptors (Lipinski definition) is 2. The van der Waals surface area contributed by atoms with Crippen LogP contribution in [-0.2, 0) is 11.3 Å². The second-order valence-corrected chi connectivity index (χ2v) is 6.66. The summed E-state index contributed by atoms with van der Waals surface area (Å²) < 4.78 is 8.11. The highest BCUT2D eigenvalue weighted by Crippen LogP contribution is 2.26. The Morgan fingerprint density at radius 1 is 1.43 bits per heavy atom. The van der Waals surface area contributed by atoms with Crippen LogP contribution in [0.4, 0.5) is 0 Å². The minimum Gasteiger partial charge on any atom is -0.378 e. The molecule has 2 aromatic rings. The van der Waals surface area contributed by atoms with Gasteiger partial charge in [-0.25, -0.2) is 4.98 Å². The first-order valence-electron chi connectivity index (χ1n) is 7.87. The van der Waals surface area contributed by atoms with Crippen molar-refractivity contribution in [2.45, 2.75) is 57.6 Å². The summed E-state index contributed by atoms with van der Waals surface area (Å²) >= 11 is 6.33. The molecule has 4 heteroatoms. The SMILES string of the molecule is Cc1ccc2c(c1)nc(C(C)Cl)n2CCC1CCCCO1. The minimum atomic E-state index is -0.0787. The smallest absolute Gasteiger partial charge is 0.127 e. The maximum Gasteiger partial charge on any atom is 0.127 e. The molecule has 0 amide bonds. The van der Waals surface area contributed by atoms with E-state index in [0.29, 0.717) is 6.10 Å². The Balaban J connectivity index is 1.86. The molecule has 1 saturated heterocycles. The third-order valence-corrected chi connectivity index (χ3v) is 4.43. The number of aromatic nitrogens is 2. The third kappa shape index (κ3) is 3.24. The molecule has 0 saturated carbocycles. The second kappa shape index (κ2) is 6.37. The van der Waals surface area contributed by atoms with Crippen LogP contribution in [0.3, 0.4) is 0 Å². The van der Waals surface area contributed by atoms with Crippen LogP contribution in [-0.4, -0.2) is 22.3 Å². The lowest BCUT2D eigenvalue weighted by Crippen LogP contribution is -2.21. The van der Waals surface area contributed by atoms with Crippen molar-refractivity contribution in [2.75, 3.05) is 6.61 Å². The van der Waals surface area contributed by atoms with Gasteiger partial charge in [0.25, 0.3) is 0 Å². The van der Waals surface area contributed by atoms with Gasteiger partial charge < -0.3 is 9.30 Å². The highest BCUT2D eigenvalue weighted by Gasteiger charge is 2.18. The van der Waals surface area contributed by atoms with E-state index in [1.807, 2.05) is 6.92 Å². The number of ether oxygens (including phenoxy) is 1. The van der Waals surface area contributed by atoms with Gasteiger partial charge in [-0.05, 0) is 57.2 Å². The summed E-state index contributed by atoms with van der Waals surface area (Å²) in [7, 11) is 0. The molecule has 0 aliphatic carbocycles. The molecule has 21 heavy (non-hydrogen) atoms. The Morgan fingerprint density at radius 3 is 3.00 bits per heavy atom. The van der Waals surface area contributed by atoms with Gasteiger partial charge in [-0.3, -0.25) is 0 Å². The van der Waals surface area contributed by atoms with Gasteiger partial charge in [0.05, 0.1) is 22.5 Å². The van der Waals surface area contributed by atoms with Gasteiger partial charge in [0, 0.05) is 13.2 Å². The predicted octanol–water partition coefficient (Wildman–Crippen LogP) is 4.60. The van der Waals surface area contributed by atoms with Crippen LogP contribution < -0.4 is 0 Å². The van der Waals surface area contributed by atoms with Crippen molar-refractivity contribution in [1.29, 1.82) is 0 Å². The van der Waals surface area contributed by atoms with Crippen LogP contribution in [0.5, 0.6) is 0 Å². The molecule has 1 fully saturated rings. The highest BCUT2D eigenvalue weighted by molar-refractivity contribution is 6.20. The van der Waals surface area contributed by atoms with Crippen LogP contribution in [0.2, 0.25) is 0 Å². The number of benzene rings is 1. The van der Waals surface area contributed by atoms with Crippen molar-refractivity contribution in [2.24, 2.45) is 0 Å². The maximum absolute atomic E-state index is 6.33. The zero-order valence-electron chi connectivity index (χ0n) is 12.8. The summed E-state index contributed by atoms with van der Waals surface area (Å²) in [5.74, 6) is 0.966. The fraction of sp³-hybridized carbons (Fsp3) is 0.588. The quantitative estimate of drug-likeness (QED) is 0.772. The first-order chi connectivity index (χ1) is 10.1. The standard InChI is InChI=1S/C17H23ClN2O/c1-12-6-7-16-15(11-12)19-17(13(2)18)20(16)9-8-14-5-3-4-10-21-14/h6-7,11,13-14H,3-5,8-10H2,1-2H3. The van der Waals surface area contributed by atoms with E-state index in [9.17, 15) is 0 Å². The first kappa shape index (κ1) is 14.9. The Bertz CT molecular complexity index is 615. The molecule has 2 heterocycles. The Hall–Kier alpha value is -1.06. The van der Waals surface area contributed by atoms with Crippen molar-refractivity contribution in [1.82, 2.24) is 9.55 Å². The Kier molecular flexibility index (Phi) is 4.51. The average molecular weight is 307 g/mol. The number of alkyl halides is 1. The molecule has 1 aromatic carbocycles. The molecule has 2 unspecified atom stereocenters. The molecule has 1 aliphatic rings. The van der Waals surface area contributed by atoms with E-state index in [2.05, 4.69) is 29.7 Å². The van der Waals surface area contributed by atoms with E-state index < -0.39 is 0 Å². The number of halogens is 1. The molecule has 0 bridgehead atoms. The normalized spacial score (nSPS) is 20.8. The van der Waals surface area contributed by atoms with Gasteiger partial charge in [0.2, 0.25) is 0 Å². The average Bonchev–Trinajstić information content (AvgIpc) is 2.84. The molecule has 2 atom stereocenters. The summed E-state index contributed by atoms with van der Waals surface area (Å²) in [6.45, 7) is 5.92. The van der Waals surface area contributed by atoms with Crippen LogP contribution in [0.15, 0.2) is 18.2 Å². The summed E-state index contributed by atoms with van der Waals surface area (Å²) in [4.78, 5) is 4.73. The minimum absolute atomic E-state index is 0.0787. The van der Waals surface area contributed by atoms with E-state index in [1.165, 1.54) is 30.3 Å². The molecule has 114 valence electrons. The highest BCUT2D eigenvalue weighted by atomic mass is 35.5. The van der Waals surface area contributed by atoms with Crippen LogP contribution in [0.25, 0.3) is 11.0 Å². The van der Waals surface area contributed by atoms with Crippen LogP contribution >= 0.6 is 11.6 Å². The van der Waals surface area contributed by atoms with Gasteiger partial charge in [0.1, 0.15) is 5.82 Å².